The molecule has 228 valence electrons. The number of nitrogens with zero attached hydrogens (tertiary/aromatic N) is 3. The molecule has 9 heteroatoms. The summed E-state index contributed by atoms with van der Waals surface area (Å²) in [6, 6.07) is 5.80. The van der Waals surface area contributed by atoms with Gasteiger partial charge in [0.05, 0.1) is 36.7 Å². The number of amides is 3. The van der Waals surface area contributed by atoms with E-state index >= 15 is 0 Å². The van der Waals surface area contributed by atoms with Crippen molar-refractivity contribution in [3.05, 3.63) is 48.6 Å². The molecule has 1 unspecified atom stereocenters. The van der Waals surface area contributed by atoms with Crippen molar-refractivity contribution in [3.8, 4) is 5.75 Å². The molecular weight excluding hydrogens is 534 g/mol. The molecule has 9 nitrogen and oxygen atoms in total. The van der Waals surface area contributed by atoms with Crippen LogP contribution in [0, 0.1) is 17.8 Å². The van der Waals surface area contributed by atoms with Gasteiger partial charge in [-0.3, -0.25) is 14.4 Å². The minimum atomic E-state index is -1.34. The average molecular weight is 580 g/mol. The van der Waals surface area contributed by atoms with Crippen LogP contribution in [0.5, 0.6) is 5.75 Å². The monoisotopic (exact) mass is 579 g/mol. The first kappa shape index (κ1) is 30.3. The summed E-state index contributed by atoms with van der Waals surface area (Å²) in [7, 11) is 0. The second-order valence-electron chi connectivity index (χ2n) is 12.4. The van der Waals surface area contributed by atoms with Gasteiger partial charge in [0.15, 0.2) is 0 Å². The summed E-state index contributed by atoms with van der Waals surface area (Å²) in [5.41, 5.74) is -1.74. The molecule has 0 bridgehead atoms. The van der Waals surface area contributed by atoms with E-state index in [0.717, 1.165) is 19.3 Å². The van der Waals surface area contributed by atoms with E-state index in [1.807, 2.05) is 76.3 Å². The number of benzene rings is 1. The molecule has 0 aromatic heterocycles. The SMILES string of the molecule is CCCCCN1CC=C[C@]23O[C@]4(C)C=CCN(c5ccc(OCC)cc5)C(=O)[C@@H]4[C@H]2C(=O)N([C@@H](CO)C(C)C)C3C1=O. The van der Waals surface area contributed by atoms with Gasteiger partial charge >= 0.3 is 0 Å². The zero-order chi connectivity index (χ0) is 30.2. The van der Waals surface area contributed by atoms with E-state index in [1.54, 1.807) is 14.7 Å². The smallest absolute Gasteiger partial charge is 0.249 e. The molecule has 1 N–H and O–H groups in total. The molecule has 2 saturated heterocycles. The van der Waals surface area contributed by atoms with Crippen molar-refractivity contribution in [1.29, 1.82) is 0 Å². The number of rotatable bonds is 10. The van der Waals surface area contributed by atoms with Crippen LogP contribution in [0.15, 0.2) is 48.6 Å². The predicted molar refractivity (Wildman–Crippen MR) is 160 cm³/mol. The lowest BCUT2D eigenvalue weighted by Gasteiger charge is -2.41. The topological polar surface area (TPSA) is 99.6 Å². The predicted octanol–water partition coefficient (Wildman–Crippen LogP) is 3.56. The Morgan fingerprint density at radius 2 is 1.69 bits per heavy atom. The summed E-state index contributed by atoms with van der Waals surface area (Å²) in [5, 5.41) is 10.5. The lowest BCUT2D eigenvalue weighted by molar-refractivity contribution is -0.155. The Morgan fingerprint density at radius 3 is 2.33 bits per heavy atom. The van der Waals surface area contributed by atoms with Gasteiger partial charge in [0.2, 0.25) is 17.7 Å². The third-order valence-corrected chi connectivity index (χ3v) is 9.38. The number of carbonyl (C=O) groups excluding carboxylic acids is 3. The van der Waals surface area contributed by atoms with Crippen molar-refractivity contribution >= 4 is 23.4 Å². The van der Waals surface area contributed by atoms with E-state index < -0.39 is 35.1 Å². The summed E-state index contributed by atoms with van der Waals surface area (Å²) in [4.78, 5) is 48.6. The number of likely N-dealkylation sites (tertiary alicyclic amines) is 1. The largest absolute Gasteiger partial charge is 0.494 e. The number of hydrogen-bond donors (Lipinski definition) is 1. The minimum absolute atomic E-state index is 0.111. The highest BCUT2D eigenvalue weighted by Gasteiger charge is 2.75. The van der Waals surface area contributed by atoms with Crippen molar-refractivity contribution in [2.24, 2.45) is 17.8 Å². The van der Waals surface area contributed by atoms with E-state index in [-0.39, 0.29) is 30.2 Å². The highest BCUT2D eigenvalue weighted by Crippen LogP contribution is 2.58. The van der Waals surface area contributed by atoms with Crippen molar-refractivity contribution < 1.29 is 29.0 Å². The number of fused-ring (bicyclic) bond motifs is 2. The van der Waals surface area contributed by atoms with Crippen molar-refractivity contribution in [3.63, 3.8) is 0 Å². The van der Waals surface area contributed by atoms with E-state index in [4.69, 9.17) is 9.47 Å². The highest BCUT2D eigenvalue weighted by atomic mass is 16.5. The summed E-state index contributed by atoms with van der Waals surface area (Å²) >= 11 is 0. The van der Waals surface area contributed by atoms with Gasteiger partial charge < -0.3 is 29.3 Å². The Morgan fingerprint density at radius 1 is 0.976 bits per heavy atom. The molecule has 5 rings (SSSR count). The molecular formula is C33H45N3O6. The molecule has 4 aliphatic heterocycles. The van der Waals surface area contributed by atoms with Crippen molar-refractivity contribution in [2.45, 2.75) is 77.2 Å². The maximum absolute atomic E-state index is 14.6. The molecule has 42 heavy (non-hydrogen) atoms. The lowest BCUT2D eigenvalue weighted by Crippen LogP contribution is -2.59. The lowest BCUT2D eigenvalue weighted by atomic mass is 9.74. The van der Waals surface area contributed by atoms with Gasteiger partial charge in [0.25, 0.3) is 0 Å². The van der Waals surface area contributed by atoms with Crippen LogP contribution in [0.3, 0.4) is 0 Å². The zero-order valence-corrected chi connectivity index (χ0v) is 25.5. The minimum Gasteiger partial charge on any atom is -0.494 e. The summed E-state index contributed by atoms with van der Waals surface area (Å²) in [6.45, 7) is 11.3. The molecule has 2 fully saturated rings. The van der Waals surface area contributed by atoms with Crippen LogP contribution in [0.2, 0.25) is 0 Å². The van der Waals surface area contributed by atoms with Gasteiger partial charge in [-0.05, 0) is 50.5 Å². The van der Waals surface area contributed by atoms with Crippen LogP contribution in [0.25, 0.3) is 0 Å². The summed E-state index contributed by atoms with van der Waals surface area (Å²) in [5.74, 6) is -1.91. The van der Waals surface area contributed by atoms with Gasteiger partial charge in [-0.2, -0.15) is 0 Å². The molecule has 0 saturated carbocycles. The number of ether oxygens (including phenoxy) is 2. The molecule has 0 radical (unpaired) electrons. The van der Waals surface area contributed by atoms with E-state index in [1.165, 1.54) is 0 Å². The second-order valence-corrected chi connectivity index (χ2v) is 12.4. The van der Waals surface area contributed by atoms with E-state index in [2.05, 4.69) is 6.92 Å². The maximum atomic E-state index is 14.6. The standard InChI is InChI=1S/C33H45N3O6/c1-6-8-9-18-34-19-11-17-33-27(30(39)36(28(33)31(34)40)25(21-37)22(3)4)26-29(38)35(20-10-16-32(26,5)42-33)23-12-14-24(15-13-23)41-7-2/h10-17,22,25-28,37H,6-9,18-21H2,1-5H3/t25-,26-,27-,28?,32+,33-/m0/s1. The molecule has 0 aliphatic carbocycles. The fraction of sp³-hybridized carbons (Fsp3) is 0.606. The molecule has 6 atom stereocenters. The van der Waals surface area contributed by atoms with Crippen LogP contribution < -0.4 is 9.64 Å². The number of aliphatic hydroxyl groups is 1. The Bertz CT molecular complexity index is 1240. The number of hydrogen-bond acceptors (Lipinski definition) is 6. The third kappa shape index (κ3) is 4.84. The normalized spacial score (nSPS) is 31.3. The average Bonchev–Trinajstić information content (AvgIpc) is 3.23. The Balaban J connectivity index is 1.59. The number of aliphatic hydroxyl groups excluding tert-OH is 1. The van der Waals surface area contributed by atoms with Crippen LogP contribution >= 0.6 is 0 Å². The Kier molecular flexibility index (Phi) is 8.54. The van der Waals surface area contributed by atoms with Crippen molar-refractivity contribution in [1.82, 2.24) is 9.80 Å². The number of unbranched alkanes of at least 4 members (excludes halogenated alkanes) is 2. The Labute approximate surface area is 249 Å². The fourth-order valence-corrected chi connectivity index (χ4v) is 7.36. The molecule has 4 heterocycles. The van der Waals surface area contributed by atoms with Gasteiger partial charge in [-0.15, -0.1) is 0 Å². The van der Waals surface area contributed by atoms with Crippen LogP contribution in [0.4, 0.5) is 5.69 Å². The second kappa shape index (κ2) is 11.8. The molecule has 1 aromatic rings. The van der Waals surface area contributed by atoms with Gasteiger partial charge in [0.1, 0.15) is 17.4 Å². The molecule has 1 aromatic carbocycles. The third-order valence-electron chi connectivity index (χ3n) is 9.38. The number of anilines is 1. The first-order valence-electron chi connectivity index (χ1n) is 15.4. The maximum Gasteiger partial charge on any atom is 0.249 e. The van der Waals surface area contributed by atoms with Gasteiger partial charge in [-0.1, -0.05) is 57.9 Å². The van der Waals surface area contributed by atoms with Crippen LogP contribution in [-0.4, -0.2) is 88.8 Å². The highest BCUT2D eigenvalue weighted by molar-refractivity contribution is 6.04. The summed E-state index contributed by atoms with van der Waals surface area (Å²) in [6.07, 6.45) is 10.5. The quantitative estimate of drug-likeness (QED) is 0.336. The van der Waals surface area contributed by atoms with E-state index in [9.17, 15) is 19.5 Å². The van der Waals surface area contributed by atoms with E-state index in [0.29, 0.717) is 37.7 Å². The first-order chi connectivity index (χ1) is 20.1. The Hall–Kier alpha value is -3.17. The first-order valence-corrected chi connectivity index (χ1v) is 15.4. The van der Waals surface area contributed by atoms with Gasteiger partial charge in [0, 0.05) is 25.3 Å². The summed E-state index contributed by atoms with van der Waals surface area (Å²) < 4.78 is 12.5. The molecule has 1 spiro atoms. The molecule has 3 amide bonds. The van der Waals surface area contributed by atoms with Gasteiger partial charge in [-0.25, -0.2) is 0 Å². The zero-order valence-electron chi connectivity index (χ0n) is 25.5. The van der Waals surface area contributed by atoms with Crippen molar-refractivity contribution in [2.75, 3.05) is 37.7 Å². The van der Waals surface area contributed by atoms with Crippen LogP contribution in [0.1, 0.15) is 53.9 Å². The van der Waals surface area contributed by atoms with Crippen LogP contribution in [-0.2, 0) is 19.1 Å². The fourth-order valence-electron chi connectivity index (χ4n) is 7.36. The number of carbonyl (C=O) groups is 3. The molecule has 4 aliphatic rings.